The molecule has 0 saturated carbocycles. The molecule has 0 bridgehead atoms. The number of hydrogen-bond donors (Lipinski definition) is 2. The summed E-state index contributed by atoms with van der Waals surface area (Å²) in [7, 11) is -3.39. The van der Waals surface area contributed by atoms with Crippen LogP contribution < -0.4 is 10.0 Å². The van der Waals surface area contributed by atoms with Gasteiger partial charge in [0.15, 0.2) is 0 Å². The van der Waals surface area contributed by atoms with Crippen molar-refractivity contribution >= 4 is 22.4 Å². The number of nitrogens with one attached hydrogen (secondary N) is 2. The van der Waals surface area contributed by atoms with Crippen LogP contribution >= 0.6 is 12.4 Å². The Kier molecular flexibility index (Phi) is 7.83. The molecule has 1 saturated heterocycles. The van der Waals surface area contributed by atoms with E-state index in [1.165, 1.54) is 5.56 Å². The zero-order valence-electron chi connectivity index (χ0n) is 13.3. The summed E-state index contributed by atoms with van der Waals surface area (Å²) in [4.78, 5) is 0.360. The molecule has 1 fully saturated rings. The van der Waals surface area contributed by atoms with Gasteiger partial charge in [-0.15, -0.1) is 12.4 Å². The fourth-order valence-corrected chi connectivity index (χ4v) is 3.74. The van der Waals surface area contributed by atoms with Crippen LogP contribution in [0.3, 0.4) is 0 Å². The van der Waals surface area contributed by atoms with E-state index in [1.807, 2.05) is 12.1 Å². The summed E-state index contributed by atoms with van der Waals surface area (Å²) in [5.41, 5.74) is 1.19. The average molecular weight is 347 g/mol. The van der Waals surface area contributed by atoms with Gasteiger partial charge < -0.3 is 5.32 Å². The minimum absolute atomic E-state index is 0. The first kappa shape index (κ1) is 19.4. The maximum atomic E-state index is 12.3. The molecule has 1 aliphatic rings. The van der Waals surface area contributed by atoms with Crippen LogP contribution in [0.1, 0.15) is 44.6 Å². The molecule has 2 atom stereocenters. The van der Waals surface area contributed by atoms with Gasteiger partial charge in [-0.3, -0.25) is 0 Å². The highest BCUT2D eigenvalue weighted by atomic mass is 35.5. The third-order valence-corrected chi connectivity index (χ3v) is 5.77. The van der Waals surface area contributed by atoms with Gasteiger partial charge in [-0.25, -0.2) is 13.1 Å². The normalized spacial score (nSPS) is 20.2. The molecule has 1 heterocycles. The van der Waals surface area contributed by atoms with Crippen LogP contribution in [-0.2, 0) is 10.0 Å². The molecule has 2 rings (SSSR count). The van der Waals surface area contributed by atoms with Crippen molar-refractivity contribution in [1.29, 1.82) is 0 Å². The molecule has 1 aromatic carbocycles. The molecule has 0 amide bonds. The number of benzene rings is 1. The Labute approximate surface area is 140 Å². The van der Waals surface area contributed by atoms with E-state index in [0.29, 0.717) is 23.3 Å². The van der Waals surface area contributed by atoms with Gasteiger partial charge in [-0.05, 0) is 61.9 Å². The zero-order chi connectivity index (χ0) is 15.3. The predicted octanol–water partition coefficient (Wildman–Crippen LogP) is 2.90. The summed E-state index contributed by atoms with van der Waals surface area (Å²) in [6, 6.07) is 7.27. The van der Waals surface area contributed by atoms with Crippen molar-refractivity contribution in [2.24, 2.45) is 5.92 Å². The fourth-order valence-electron chi connectivity index (χ4n) is 2.62. The molecule has 2 N–H and O–H groups in total. The maximum absolute atomic E-state index is 12.3. The van der Waals surface area contributed by atoms with Gasteiger partial charge in [0.05, 0.1) is 4.90 Å². The van der Waals surface area contributed by atoms with E-state index in [0.717, 1.165) is 32.4 Å². The van der Waals surface area contributed by atoms with E-state index in [4.69, 9.17) is 0 Å². The summed E-state index contributed by atoms with van der Waals surface area (Å²) in [6.07, 6.45) is 3.26. The minimum atomic E-state index is -3.39. The number of piperidine rings is 1. The van der Waals surface area contributed by atoms with Gasteiger partial charge in [-0.2, -0.15) is 0 Å². The van der Waals surface area contributed by atoms with Crippen molar-refractivity contribution in [3.8, 4) is 0 Å². The van der Waals surface area contributed by atoms with Crippen molar-refractivity contribution in [2.45, 2.75) is 43.9 Å². The first-order chi connectivity index (χ1) is 10.0. The van der Waals surface area contributed by atoms with Crippen LogP contribution in [0.4, 0.5) is 0 Å². The van der Waals surface area contributed by atoms with E-state index >= 15 is 0 Å². The second-order valence-electron chi connectivity index (χ2n) is 5.94. The number of rotatable bonds is 6. The molecular weight excluding hydrogens is 320 g/mol. The van der Waals surface area contributed by atoms with Crippen LogP contribution in [0, 0.1) is 5.92 Å². The molecular formula is C16H27ClN2O2S. The van der Waals surface area contributed by atoms with E-state index in [9.17, 15) is 8.42 Å². The molecule has 0 aromatic heterocycles. The third-order valence-electron chi connectivity index (χ3n) is 4.33. The van der Waals surface area contributed by atoms with E-state index in [1.54, 1.807) is 12.1 Å². The van der Waals surface area contributed by atoms with Crippen molar-refractivity contribution in [3.63, 3.8) is 0 Å². The molecule has 0 radical (unpaired) electrons. The van der Waals surface area contributed by atoms with E-state index in [2.05, 4.69) is 23.9 Å². The molecule has 1 aromatic rings. The first-order valence-electron chi connectivity index (χ1n) is 7.83. The monoisotopic (exact) mass is 346 g/mol. The molecule has 126 valence electrons. The van der Waals surface area contributed by atoms with Gasteiger partial charge >= 0.3 is 0 Å². The molecule has 6 heteroatoms. The lowest BCUT2D eigenvalue weighted by atomic mass is 9.99. The van der Waals surface area contributed by atoms with Crippen LogP contribution in [-0.4, -0.2) is 28.1 Å². The van der Waals surface area contributed by atoms with Crippen LogP contribution in [0.25, 0.3) is 0 Å². The minimum Gasteiger partial charge on any atom is -0.316 e. The zero-order valence-corrected chi connectivity index (χ0v) is 15.0. The highest BCUT2D eigenvalue weighted by Gasteiger charge is 2.18. The van der Waals surface area contributed by atoms with Crippen LogP contribution in [0.5, 0.6) is 0 Å². The van der Waals surface area contributed by atoms with Gasteiger partial charge in [0, 0.05) is 6.54 Å². The average Bonchev–Trinajstić information content (AvgIpc) is 2.53. The standard InChI is InChI=1S/C16H26N2O2S.ClH/c1-3-13(2)15-6-8-16(9-7-15)21(19,20)18-12-14-5-4-10-17-11-14;/h6-9,13-14,17-18H,3-5,10-12H2,1-2H3;1H. The summed E-state index contributed by atoms with van der Waals surface area (Å²) >= 11 is 0. The first-order valence-corrected chi connectivity index (χ1v) is 9.31. The predicted molar refractivity (Wildman–Crippen MR) is 93.2 cm³/mol. The Morgan fingerprint density at radius 1 is 1.32 bits per heavy atom. The molecule has 0 aliphatic carbocycles. The number of hydrogen-bond acceptors (Lipinski definition) is 3. The summed E-state index contributed by atoms with van der Waals surface area (Å²) < 4.78 is 27.3. The SMILES string of the molecule is CCC(C)c1ccc(S(=O)(=O)NCC2CCCNC2)cc1.Cl. The Balaban J connectivity index is 0.00000242. The van der Waals surface area contributed by atoms with Crippen molar-refractivity contribution < 1.29 is 8.42 Å². The fraction of sp³-hybridized carbons (Fsp3) is 0.625. The van der Waals surface area contributed by atoms with Crippen molar-refractivity contribution in [2.75, 3.05) is 19.6 Å². The summed E-state index contributed by atoms with van der Waals surface area (Å²) in [5.74, 6) is 0.857. The van der Waals surface area contributed by atoms with Crippen LogP contribution in [0.15, 0.2) is 29.2 Å². The van der Waals surface area contributed by atoms with Gasteiger partial charge in [0.2, 0.25) is 10.0 Å². The third kappa shape index (κ3) is 5.23. The topological polar surface area (TPSA) is 58.2 Å². The molecule has 1 aliphatic heterocycles. The molecule has 22 heavy (non-hydrogen) atoms. The molecule has 0 spiro atoms. The Morgan fingerprint density at radius 2 is 2.00 bits per heavy atom. The lowest BCUT2D eigenvalue weighted by Crippen LogP contribution is -2.38. The Hall–Kier alpha value is -0.620. The maximum Gasteiger partial charge on any atom is 0.240 e. The van der Waals surface area contributed by atoms with Crippen molar-refractivity contribution in [3.05, 3.63) is 29.8 Å². The summed E-state index contributed by atoms with van der Waals surface area (Å²) in [5, 5.41) is 3.30. The quantitative estimate of drug-likeness (QED) is 0.832. The largest absolute Gasteiger partial charge is 0.316 e. The van der Waals surface area contributed by atoms with Crippen molar-refractivity contribution in [1.82, 2.24) is 10.0 Å². The highest BCUT2D eigenvalue weighted by Crippen LogP contribution is 2.20. The number of sulfonamides is 1. The Morgan fingerprint density at radius 3 is 2.55 bits per heavy atom. The number of halogens is 1. The molecule has 4 nitrogen and oxygen atoms in total. The highest BCUT2D eigenvalue weighted by molar-refractivity contribution is 7.89. The van der Waals surface area contributed by atoms with E-state index < -0.39 is 10.0 Å². The Bertz CT molecular complexity index is 540. The van der Waals surface area contributed by atoms with Crippen LogP contribution in [0.2, 0.25) is 0 Å². The lowest BCUT2D eigenvalue weighted by molar-refractivity contribution is 0.376. The van der Waals surface area contributed by atoms with Gasteiger partial charge in [0.25, 0.3) is 0 Å². The molecule has 2 unspecified atom stereocenters. The smallest absolute Gasteiger partial charge is 0.240 e. The lowest BCUT2D eigenvalue weighted by Gasteiger charge is -2.22. The van der Waals surface area contributed by atoms with E-state index in [-0.39, 0.29) is 12.4 Å². The summed E-state index contributed by atoms with van der Waals surface area (Å²) in [6.45, 7) is 6.74. The van der Waals surface area contributed by atoms with Gasteiger partial charge in [-0.1, -0.05) is 26.0 Å². The van der Waals surface area contributed by atoms with Gasteiger partial charge in [0.1, 0.15) is 0 Å². The second kappa shape index (κ2) is 8.87. The second-order valence-corrected chi connectivity index (χ2v) is 7.71.